The van der Waals surface area contributed by atoms with E-state index in [1.54, 1.807) is 25.1 Å². The number of carbonyl (C=O) groups excluding carboxylic acids is 2. The molecule has 0 amide bonds. The molecule has 0 saturated heterocycles. The van der Waals surface area contributed by atoms with Crippen molar-refractivity contribution < 1.29 is 32.9 Å². The molecule has 5 rings (SSSR count). The Labute approximate surface area is 196 Å². The van der Waals surface area contributed by atoms with Gasteiger partial charge < -0.3 is 18.9 Å². The van der Waals surface area contributed by atoms with Gasteiger partial charge in [-0.15, -0.1) is 0 Å². The second kappa shape index (κ2) is 8.46. The molecule has 0 bridgehead atoms. The number of esters is 1. The van der Waals surface area contributed by atoms with Crippen LogP contribution in [0, 0.1) is 12.7 Å². The Morgan fingerprint density at radius 1 is 1.12 bits per heavy atom. The predicted molar refractivity (Wildman–Crippen MR) is 120 cm³/mol. The Bertz CT molecular complexity index is 1330. The van der Waals surface area contributed by atoms with Gasteiger partial charge in [0.05, 0.1) is 17.7 Å². The fraction of sp³-hybridized carbons (Fsp3) is 0.120. The fourth-order valence-electron chi connectivity index (χ4n) is 3.68. The monoisotopic (exact) mass is 510 g/mol. The average molecular weight is 511 g/mol. The second-order valence-electron chi connectivity index (χ2n) is 7.50. The molecular weight excluding hydrogens is 495 g/mol. The molecule has 33 heavy (non-hydrogen) atoms. The molecule has 0 radical (unpaired) electrons. The topological polar surface area (TPSA) is 71.1 Å². The first-order valence-corrected chi connectivity index (χ1v) is 10.8. The van der Waals surface area contributed by atoms with Gasteiger partial charge in [-0.1, -0.05) is 15.9 Å². The third kappa shape index (κ3) is 4.03. The zero-order valence-corrected chi connectivity index (χ0v) is 18.9. The summed E-state index contributed by atoms with van der Waals surface area (Å²) in [4.78, 5) is 25.4. The quantitative estimate of drug-likeness (QED) is 0.259. The Morgan fingerprint density at radius 3 is 2.70 bits per heavy atom. The van der Waals surface area contributed by atoms with Crippen molar-refractivity contribution in [3.05, 3.63) is 92.4 Å². The van der Waals surface area contributed by atoms with Crippen LogP contribution in [0.5, 0.6) is 17.2 Å². The normalized spacial score (nSPS) is 15.5. The van der Waals surface area contributed by atoms with E-state index < -0.39 is 11.8 Å². The highest BCUT2D eigenvalue weighted by atomic mass is 79.9. The molecule has 2 heterocycles. The van der Waals surface area contributed by atoms with E-state index in [-0.39, 0.29) is 29.6 Å². The first-order valence-electron chi connectivity index (χ1n) is 9.99. The molecule has 0 spiro atoms. The molecule has 0 fully saturated rings. The summed E-state index contributed by atoms with van der Waals surface area (Å²) in [5.74, 6) is -0.0404. The Morgan fingerprint density at radius 2 is 1.91 bits per heavy atom. The largest absolute Gasteiger partial charge is 0.467 e. The summed E-state index contributed by atoms with van der Waals surface area (Å²) in [6, 6.07) is 11.9. The van der Waals surface area contributed by atoms with Crippen molar-refractivity contribution in [1.29, 1.82) is 0 Å². The molecule has 0 aromatic heterocycles. The fourth-order valence-corrected chi connectivity index (χ4v) is 4.20. The molecule has 2 aliphatic rings. The van der Waals surface area contributed by atoms with Crippen LogP contribution in [0.3, 0.4) is 0 Å². The van der Waals surface area contributed by atoms with Crippen LogP contribution < -0.4 is 14.2 Å². The van der Waals surface area contributed by atoms with Crippen molar-refractivity contribution in [2.75, 3.05) is 6.79 Å². The molecule has 0 saturated carbocycles. The summed E-state index contributed by atoms with van der Waals surface area (Å²) >= 11 is 3.47. The lowest BCUT2D eigenvalue weighted by molar-refractivity contribution is -0.0165. The maximum Gasteiger partial charge on any atom is 0.343 e. The van der Waals surface area contributed by atoms with Crippen LogP contribution in [0.2, 0.25) is 0 Å². The smallest absolute Gasteiger partial charge is 0.343 e. The first kappa shape index (κ1) is 21.4. The minimum Gasteiger partial charge on any atom is -0.467 e. The minimum absolute atomic E-state index is 0.127. The van der Waals surface area contributed by atoms with Crippen molar-refractivity contribution in [3.63, 3.8) is 0 Å². The molecule has 0 atom stereocenters. The van der Waals surface area contributed by atoms with Crippen molar-refractivity contribution in [1.82, 2.24) is 0 Å². The number of ketones is 1. The number of halogens is 2. The number of fused-ring (bicyclic) bond motifs is 2. The number of hydrogen-bond acceptors (Lipinski definition) is 6. The molecule has 3 aromatic rings. The van der Waals surface area contributed by atoms with Gasteiger partial charge in [0.1, 0.15) is 23.1 Å². The molecule has 8 heteroatoms. The van der Waals surface area contributed by atoms with E-state index in [0.29, 0.717) is 34.8 Å². The van der Waals surface area contributed by atoms with Gasteiger partial charge in [-0.3, -0.25) is 4.79 Å². The SMILES string of the molecule is Cc1c(OC(=O)c2ccc(F)cc2)ccc2c1O/C(=C\c1cc(Br)cc3c1OCOC3)C2=O. The highest BCUT2D eigenvalue weighted by Crippen LogP contribution is 2.41. The van der Waals surface area contributed by atoms with Crippen molar-refractivity contribution in [2.24, 2.45) is 0 Å². The number of ether oxygens (including phenoxy) is 4. The van der Waals surface area contributed by atoms with Crippen LogP contribution in [-0.2, 0) is 11.3 Å². The van der Waals surface area contributed by atoms with Gasteiger partial charge in [0, 0.05) is 21.2 Å². The average Bonchev–Trinajstić information content (AvgIpc) is 3.12. The van der Waals surface area contributed by atoms with Crippen molar-refractivity contribution in [2.45, 2.75) is 13.5 Å². The lowest BCUT2D eigenvalue weighted by Crippen LogP contribution is -2.12. The molecule has 3 aromatic carbocycles. The summed E-state index contributed by atoms with van der Waals surface area (Å²) in [6.45, 7) is 2.23. The minimum atomic E-state index is -0.640. The van der Waals surface area contributed by atoms with Gasteiger partial charge in [0.25, 0.3) is 0 Å². The maximum absolute atomic E-state index is 13.1. The Kier molecular flexibility index (Phi) is 5.47. The number of Topliss-reactive ketones (excluding diaryl/α,β-unsaturated/α-hetero) is 1. The molecule has 0 N–H and O–H groups in total. The van der Waals surface area contributed by atoms with Crippen LogP contribution >= 0.6 is 15.9 Å². The van der Waals surface area contributed by atoms with Gasteiger partial charge >= 0.3 is 5.97 Å². The highest BCUT2D eigenvalue weighted by Gasteiger charge is 2.31. The summed E-state index contributed by atoms with van der Waals surface area (Å²) in [5.41, 5.74) is 2.61. The predicted octanol–water partition coefficient (Wildman–Crippen LogP) is 5.60. The highest BCUT2D eigenvalue weighted by molar-refractivity contribution is 9.10. The third-order valence-corrected chi connectivity index (χ3v) is 5.77. The molecular formula is C25H16BrFO6. The lowest BCUT2D eigenvalue weighted by Gasteiger charge is -2.20. The maximum atomic E-state index is 13.1. The third-order valence-electron chi connectivity index (χ3n) is 5.31. The number of allylic oxidation sites excluding steroid dienone is 1. The van der Waals surface area contributed by atoms with E-state index in [0.717, 1.165) is 10.0 Å². The van der Waals surface area contributed by atoms with Gasteiger partial charge in [-0.05, 0) is 61.5 Å². The summed E-state index contributed by atoms with van der Waals surface area (Å²) in [6.07, 6.45) is 1.63. The number of carbonyl (C=O) groups is 2. The molecule has 166 valence electrons. The summed E-state index contributed by atoms with van der Waals surface area (Å²) < 4.78 is 36.2. The van der Waals surface area contributed by atoms with E-state index >= 15 is 0 Å². The molecule has 0 aliphatic carbocycles. The number of hydrogen-bond donors (Lipinski definition) is 0. The summed E-state index contributed by atoms with van der Waals surface area (Å²) in [5, 5.41) is 0. The first-order chi connectivity index (χ1) is 15.9. The number of benzene rings is 3. The molecule has 6 nitrogen and oxygen atoms in total. The zero-order valence-electron chi connectivity index (χ0n) is 17.3. The van der Waals surface area contributed by atoms with E-state index in [1.165, 1.54) is 24.3 Å². The van der Waals surface area contributed by atoms with Crippen LogP contribution in [0.4, 0.5) is 4.39 Å². The van der Waals surface area contributed by atoms with E-state index in [1.807, 2.05) is 12.1 Å². The Hall–Kier alpha value is -3.49. The van der Waals surface area contributed by atoms with Gasteiger partial charge in [-0.2, -0.15) is 0 Å². The summed E-state index contributed by atoms with van der Waals surface area (Å²) in [7, 11) is 0. The Balaban J connectivity index is 1.45. The van der Waals surface area contributed by atoms with Crippen LogP contribution in [-0.4, -0.2) is 18.5 Å². The second-order valence-corrected chi connectivity index (χ2v) is 8.41. The number of rotatable bonds is 3. The lowest BCUT2D eigenvalue weighted by atomic mass is 10.0. The molecule has 0 unspecified atom stereocenters. The standard InChI is InChI=1S/C25H16BrFO6/c1-13-20(33-25(29)14-2-4-18(27)5-3-14)7-6-19-22(28)21(32-23(13)19)10-15-8-17(26)9-16-11-30-12-31-24(15)16/h2-10H,11-12H2,1H3/b21-10-. The van der Waals surface area contributed by atoms with Crippen LogP contribution in [0.15, 0.2) is 58.8 Å². The van der Waals surface area contributed by atoms with E-state index in [9.17, 15) is 14.0 Å². The zero-order chi connectivity index (χ0) is 23.1. The van der Waals surface area contributed by atoms with E-state index in [4.69, 9.17) is 18.9 Å². The van der Waals surface area contributed by atoms with Crippen molar-refractivity contribution >= 4 is 33.8 Å². The van der Waals surface area contributed by atoms with Gasteiger partial charge in [0.2, 0.25) is 5.78 Å². The van der Waals surface area contributed by atoms with Gasteiger partial charge in [-0.25, -0.2) is 9.18 Å². The van der Waals surface area contributed by atoms with Crippen LogP contribution in [0.1, 0.15) is 37.4 Å². The van der Waals surface area contributed by atoms with Crippen molar-refractivity contribution in [3.8, 4) is 17.2 Å². The van der Waals surface area contributed by atoms with E-state index in [2.05, 4.69) is 15.9 Å². The molecule has 2 aliphatic heterocycles. The van der Waals surface area contributed by atoms with Gasteiger partial charge in [0.15, 0.2) is 12.6 Å². The van der Waals surface area contributed by atoms with Crippen LogP contribution in [0.25, 0.3) is 6.08 Å².